The van der Waals surface area contributed by atoms with Gasteiger partial charge in [0.2, 0.25) is 5.82 Å². The lowest BCUT2D eigenvalue weighted by molar-refractivity contribution is -0.384. The van der Waals surface area contributed by atoms with Crippen LogP contribution in [0.4, 0.5) is 11.5 Å². The molecular weight excluding hydrogens is 220 g/mol. The normalized spacial score (nSPS) is 10.7. The summed E-state index contributed by atoms with van der Waals surface area (Å²) in [5.74, 6) is 0.140. The minimum absolute atomic E-state index is 0.0133. The smallest absolute Gasteiger partial charge is 0.328 e. The third-order valence-electron chi connectivity index (χ3n) is 2.57. The quantitative estimate of drug-likeness (QED) is 0.638. The molecule has 0 bridgehead atoms. The van der Waals surface area contributed by atoms with Gasteiger partial charge >= 0.3 is 5.69 Å². The van der Waals surface area contributed by atoms with Crippen LogP contribution in [-0.4, -0.2) is 15.4 Å². The Morgan fingerprint density at radius 3 is 2.76 bits per heavy atom. The molecule has 0 aromatic carbocycles. The van der Waals surface area contributed by atoms with E-state index in [0.717, 1.165) is 6.42 Å². The number of anilines is 1. The molecule has 0 spiro atoms. The molecule has 1 aromatic rings. The summed E-state index contributed by atoms with van der Waals surface area (Å²) in [7, 11) is 0. The summed E-state index contributed by atoms with van der Waals surface area (Å²) in [6.45, 7) is 5.79. The highest BCUT2D eigenvalue weighted by Crippen LogP contribution is 2.28. The molecule has 90 valence electrons. The first kappa shape index (κ1) is 12.9. The molecule has 1 aromatic heterocycles. The molecule has 17 heavy (non-hydrogen) atoms. The lowest BCUT2D eigenvalue weighted by Crippen LogP contribution is -2.30. The molecule has 0 aliphatic carbocycles. The van der Waals surface area contributed by atoms with Crippen molar-refractivity contribution < 1.29 is 4.92 Å². The molecule has 1 heterocycles. The van der Waals surface area contributed by atoms with Crippen LogP contribution in [0.5, 0.6) is 0 Å². The number of rotatable bonds is 4. The van der Waals surface area contributed by atoms with Gasteiger partial charge in [-0.3, -0.25) is 10.1 Å². The van der Waals surface area contributed by atoms with Crippen LogP contribution in [0.2, 0.25) is 0 Å². The van der Waals surface area contributed by atoms with E-state index in [4.69, 9.17) is 5.26 Å². The molecule has 1 N–H and O–H groups in total. The number of nitriles is 1. The van der Waals surface area contributed by atoms with E-state index in [9.17, 15) is 10.1 Å². The van der Waals surface area contributed by atoms with Gasteiger partial charge in [0.05, 0.1) is 4.92 Å². The Balaban J connectivity index is 3.26. The molecule has 0 aliphatic rings. The predicted molar refractivity (Wildman–Crippen MR) is 63.6 cm³/mol. The number of nitrogens with one attached hydrogen (secondary N) is 1. The lowest BCUT2D eigenvalue weighted by Gasteiger charge is -2.24. The van der Waals surface area contributed by atoms with Crippen molar-refractivity contribution in [1.29, 1.82) is 5.26 Å². The third-order valence-corrected chi connectivity index (χ3v) is 2.57. The van der Waals surface area contributed by atoms with Crippen molar-refractivity contribution in [2.45, 2.75) is 32.7 Å². The number of aromatic nitrogens is 1. The van der Waals surface area contributed by atoms with Crippen molar-refractivity contribution in [2.75, 3.05) is 5.32 Å². The summed E-state index contributed by atoms with van der Waals surface area (Å²) in [5, 5.41) is 22.8. The lowest BCUT2D eigenvalue weighted by atomic mass is 10.0. The zero-order chi connectivity index (χ0) is 13.1. The topological polar surface area (TPSA) is 91.8 Å². The predicted octanol–water partition coefficient (Wildman–Crippen LogP) is 2.46. The fourth-order valence-corrected chi connectivity index (χ4v) is 1.23. The van der Waals surface area contributed by atoms with Crippen molar-refractivity contribution >= 4 is 11.5 Å². The van der Waals surface area contributed by atoms with Crippen LogP contribution < -0.4 is 5.32 Å². The van der Waals surface area contributed by atoms with E-state index in [-0.39, 0.29) is 22.6 Å². The van der Waals surface area contributed by atoms with E-state index in [0.29, 0.717) is 0 Å². The second-order valence-electron chi connectivity index (χ2n) is 4.29. The molecule has 0 radical (unpaired) electrons. The second-order valence-corrected chi connectivity index (χ2v) is 4.29. The second kappa shape index (κ2) is 4.78. The molecule has 0 fully saturated rings. The molecule has 0 saturated heterocycles. The van der Waals surface area contributed by atoms with Crippen LogP contribution in [0.25, 0.3) is 0 Å². The SMILES string of the molecule is CCC(C)(C)Nc1nccc(C#N)c1[N+](=O)[O-]. The van der Waals surface area contributed by atoms with Gasteiger partial charge in [-0.15, -0.1) is 0 Å². The van der Waals surface area contributed by atoms with E-state index in [1.165, 1.54) is 12.3 Å². The van der Waals surface area contributed by atoms with Crippen LogP contribution in [-0.2, 0) is 0 Å². The fraction of sp³-hybridized carbons (Fsp3) is 0.455. The first-order valence-corrected chi connectivity index (χ1v) is 5.23. The monoisotopic (exact) mass is 234 g/mol. The van der Waals surface area contributed by atoms with Gasteiger partial charge in [-0.05, 0) is 26.3 Å². The van der Waals surface area contributed by atoms with Crippen molar-refractivity contribution in [3.63, 3.8) is 0 Å². The van der Waals surface area contributed by atoms with Crippen LogP contribution >= 0.6 is 0 Å². The van der Waals surface area contributed by atoms with E-state index in [1.807, 2.05) is 20.8 Å². The van der Waals surface area contributed by atoms with Crippen LogP contribution in [0.3, 0.4) is 0 Å². The number of nitro groups is 1. The van der Waals surface area contributed by atoms with Gasteiger partial charge in [0.1, 0.15) is 11.6 Å². The van der Waals surface area contributed by atoms with Crippen LogP contribution in [0.1, 0.15) is 32.8 Å². The van der Waals surface area contributed by atoms with Gasteiger partial charge < -0.3 is 5.32 Å². The van der Waals surface area contributed by atoms with E-state index in [1.54, 1.807) is 6.07 Å². The highest BCUT2D eigenvalue weighted by atomic mass is 16.6. The Morgan fingerprint density at radius 1 is 1.65 bits per heavy atom. The highest BCUT2D eigenvalue weighted by molar-refractivity contribution is 5.64. The summed E-state index contributed by atoms with van der Waals surface area (Å²) in [4.78, 5) is 14.3. The number of hydrogen-bond donors (Lipinski definition) is 1. The maximum atomic E-state index is 11.0. The molecule has 0 aliphatic heterocycles. The maximum absolute atomic E-state index is 11.0. The average Bonchev–Trinajstić information content (AvgIpc) is 2.27. The first-order chi connectivity index (χ1) is 7.91. The van der Waals surface area contributed by atoms with Gasteiger partial charge in [0, 0.05) is 11.7 Å². The zero-order valence-electron chi connectivity index (χ0n) is 10.0. The van der Waals surface area contributed by atoms with Crippen LogP contribution in [0, 0.1) is 21.4 Å². The Bertz CT molecular complexity index is 477. The van der Waals surface area contributed by atoms with Gasteiger partial charge in [0.25, 0.3) is 0 Å². The minimum Gasteiger partial charge on any atom is -0.359 e. The summed E-state index contributed by atoms with van der Waals surface area (Å²) >= 11 is 0. The molecule has 6 nitrogen and oxygen atoms in total. The van der Waals surface area contributed by atoms with Crippen molar-refractivity contribution in [1.82, 2.24) is 4.98 Å². The Morgan fingerprint density at radius 2 is 2.29 bits per heavy atom. The first-order valence-electron chi connectivity index (χ1n) is 5.23. The molecule has 0 atom stereocenters. The van der Waals surface area contributed by atoms with Crippen molar-refractivity contribution in [3.8, 4) is 6.07 Å². The molecular formula is C11H14N4O2. The molecule has 1 rings (SSSR count). The average molecular weight is 234 g/mol. The number of nitrogens with zero attached hydrogens (tertiary/aromatic N) is 3. The molecule has 0 saturated carbocycles. The Kier molecular flexibility index (Phi) is 3.63. The van der Waals surface area contributed by atoms with E-state index < -0.39 is 4.92 Å². The zero-order valence-corrected chi connectivity index (χ0v) is 10.0. The van der Waals surface area contributed by atoms with Crippen LogP contribution in [0.15, 0.2) is 12.3 Å². The Labute approximate surface area is 99.4 Å². The maximum Gasteiger partial charge on any atom is 0.328 e. The number of hydrogen-bond acceptors (Lipinski definition) is 5. The van der Waals surface area contributed by atoms with Crippen molar-refractivity contribution in [2.24, 2.45) is 0 Å². The van der Waals surface area contributed by atoms with E-state index in [2.05, 4.69) is 10.3 Å². The van der Waals surface area contributed by atoms with Gasteiger partial charge in [-0.1, -0.05) is 6.92 Å². The summed E-state index contributed by atoms with van der Waals surface area (Å²) in [5.41, 5.74) is -0.567. The fourth-order valence-electron chi connectivity index (χ4n) is 1.23. The van der Waals surface area contributed by atoms with Gasteiger partial charge in [-0.25, -0.2) is 4.98 Å². The highest BCUT2D eigenvalue weighted by Gasteiger charge is 2.25. The number of pyridine rings is 1. The Hall–Kier alpha value is -2.16. The summed E-state index contributed by atoms with van der Waals surface area (Å²) in [6, 6.07) is 3.13. The summed E-state index contributed by atoms with van der Waals surface area (Å²) < 4.78 is 0. The minimum atomic E-state index is -0.584. The van der Waals surface area contributed by atoms with Gasteiger partial charge in [-0.2, -0.15) is 5.26 Å². The molecule has 0 amide bonds. The van der Waals surface area contributed by atoms with E-state index >= 15 is 0 Å². The molecule has 6 heteroatoms. The standard InChI is InChI=1S/C11H14N4O2/c1-4-11(2,3)14-10-9(15(16)17)8(7-12)5-6-13-10/h5-6H,4H2,1-3H3,(H,13,14). The summed E-state index contributed by atoms with van der Waals surface area (Å²) in [6.07, 6.45) is 2.17. The van der Waals surface area contributed by atoms with Crippen molar-refractivity contribution in [3.05, 3.63) is 27.9 Å². The van der Waals surface area contributed by atoms with Gasteiger partial charge in [0.15, 0.2) is 0 Å². The largest absolute Gasteiger partial charge is 0.359 e. The third kappa shape index (κ3) is 2.91. The molecule has 0 unspecified atom stereocenters.